The Morgan fingerprint density at radius 3 is 2.77 bits per heavy atom. The second-order valence-electron chi connectivity index (χ2n) is 6.12. The van der Waals surface area contributed by atoms with Gasteiger partial charge >= 0.3 is 51.4 Å². The number of hydrogen-bond acceptors (Lipinski definition) is 5. The van der Waals surface area contributed by atoms with E-state index in [0.717, 1.165) is 30.6 Å². The van der Waals surface area contributed by atoms with Gasteiger partial charge in [-0.05, 0) is 48.7 Å². The average molecular weight is 489 g/mol. The summed E-state index contributed by atoms with van der Waals surface area (Å²) in [7, 11) is 1.58. The topological polar surface area (TPSA) is 79.5 Å². The molecule has 10 heteroatoms. The van der Waals surface area contributed by atoms with Gasteiger partial charge in [0.15, 0.2) is 0 Å². The molecule has 0 bridgehead atoms. The molecule has 0 aromatic heterocycles. The number of amides is 1. The van der Waals surface area contributed by atoms with Gasteiger partial charge in [0.25, 0.3) is 5.91 Å². The molecule has 0 unspecified atom stereocenters. The average Bonchev–Trinajstić information content (AvgIpc) is 3.22. The summed E-state index contributed by atoms with van der Waals surface area (Å²) in [6.45, 7) is 0.940. The third-order valence-corrected chi connectivity index (χ3v) is 5.72. The third kappa shape index (κ3) is 6.90. The first kappa shape index (κ1) is 25.5. The molecular weight excluding hydrogens is 470 g/mol. The number of anilines is 2. The van der Waals surface area contributed by atoms with Crippen LogP contribution in [-0.4, -0.2) is 31.5 Å². The number of rotatable bonds is 7. The zero-order valence-corrected chi connectivity index (χ0v) is 22.1. The van der Waals surface area contributed by atoms with Crippen molar-refractivity contribution in [2.45, 2.75) is 6.42 Å². The van der Waals surface area contributed by atoms with Gasteiger partial charge in [-0.1, -0.05) is 23.2 Å². The van der Waals surface area contributed by atoms with Crippen LogP contribution in [0.2, 0.25) is 10.0 Å². The number of hydrogen-bond donors (Lipinski definition) is 2. The van der Waals surface area contributed by atoms with Gasteiger partial charge in [-0.15, -0.1) is 13.2 Å². The monoisotopic (exact) mass is 488 g/mol. The Morgan fingerprint density at radius 2 is 2.10 bits per heavy atom. The molecule has 1 saturated heterocycles. The van der Waals surface area contributed by atoms with Crippen molar-refractivity contribution in [3.05, 3.63) is 69.3 Å². The van der Waals surface area contributed by atoms with E-state index in [1.807, 2.05) is 6.07 Å². The first-order chi connectivity index (χ1) is 14.0. The second-order valence-corrected chi connectivity index (χ2v) is 8.07. The van der Waals surface area contributed by atoms with Gasteiger partial charge in [-0.25, -0.2) is 0 Å². The molecular formula is C20H19Cl2KN4O2S. The Morgan fingerprint density at radius 1 is 1.30 bits per heavy atom. The molecule has 0 aliphatic carbocycles. The van der Waals surface area contributed by atoms with Crippen molar-refractivity contribution in [2.24, 2.45) is 0 Å². The second kappa shape index (κ2) is 12.4. The standard InChI is InChI=1S/C20H20Cl2N4O2S.K/c1-24-12-17(11-23)28-16-8-13(21)7-14(9-16)25-20(27)18-10-15(3-4-19(18)22)26-5-2-6-29-26;/h3-4,7-12H,2,5-6H2,1H3,(H3,23,24,25,27);/q;+1/p-1. The number of nitrogens with one attached hydrogen (secondary N) is 2. The van der Waals surface area contributed by atoms with Gasteiger partial charge < -0.3 is 25.1 Å². The Balaban J connectivity index is 0.00000320. The van der Waals surface area contributed by atoms with Crippen LogP contribution < -0.4 is 65.7 Å². The summed E-state index contributed by atoms with van der Waals surface area (Å²) in [4.78, 5) is 12.8. The van der Waals surface area contributed by atoms with E-state index in [-0.39, 0.29) is 63.1 Å². The largest absolute Gasteiger partial charge is 1.00 e. The maximum atomic E-state index is 12.8. The normalized spacial score (nSPS) is 13.4. The van der Waals surface area contributed by atoms with Crippen LogP contribution in [0.5, 0.6) is 5.75 Å². The molecule has 2 N–H and O–H groups in total. The predicted octanol–water partition coefficient (Wildman–Crippen LogP) is 2.98. The molecule has 6 nitrogen and oxygen atoms in total. The van der Waals surface area contributed by atoms with E-state index in [2.05, 4.69) is 14.9 Å². The maximum absolute atomic E-state index is 12.8. The van der Waals surface area contributed by atoms with E-state index in [0.29, 0.717) is 27.0 Å². The van der Waals surface area contributed by atoms with Crippen molar-refractivity contribution in [1.29, 1.82) is 5.41 Å². The fraction of sp³-hybridized carbons (Fsp3) is 0.200. The van der Waals surface area contributed by atoms with Crippen molar-refractivity contribution < 1.29 is 60.9 Å². The third-order valence-electron chi connectivity index (χ3n) is 4.00. The zero-order chi connectivity index (χ0) is 20.8. The molecule has 2 aromatic carbocycles. The fourth-order valence-electron chi connectivity index (χ4n) is 2.74. The SMILES string of the molecule is C[N-]/C=C(\C=N)Oc1cc(Cl)cc(NC(=O)c2cc(N3CCCS3)ccc2Cl)c1.[K+]. The van der Waals surface area contributed by atoms with Crippen LogP contribution in [0, 0.1) is 5.41 Å². The molecule has 0 radical (unpaired) electrons. The fourth-order valence-corrected chi connectivity index (χ4v) is 4.17. The predicted molar refractivity (Wildman–Crippen MR) is 122 cm³/mol. The van der Waals surface area contributed by atoms with Gasteiger partial charge in [0.05, 0.1) is 16.8 Å². The molecule has 3 rings (SSSR count). The number of carbonyl (C=O) groups excluding carboxylic acids is 1. The van der Waals surface area contributed by atoms with E-state index in [1.165, 1.54) is 6.20 Å². The number of ether oxygens (including phenoxy) is 1. The van der Waals surface area contributed by atoms with Gasteiger partial charge in [0, 0.05) is 34.8 Å². The molecule has 30 heavy (non-hydrogen) atoms. The Labute approximate surface area is 232 Å². The van der Waals surface area contributed by atoms with Gasteiger partial charge in [0.2, 0.25) is 0 Å². The summed E-state index contributed by atoms with van der Waals surface area (Å²) in [5.41, 5.74) is 1.78. The molecule has 152 valence electrons. The molecule has 0 saturated carbocycles. The molecule has 1 aliphatic heterocycles. The van der Waals surface area contributed by atoms with E-state index in [1.54, 1.807) is 49.3 Å². The van der Waals surface area contributed by atoms with Crippen molar-refractivity contribution >= 4 is 58.6 Å². The summed E-state index contributed by atoms with van der Waals surface area (Å²) in [5.74, 6) is 1.33. The number of benzene rings is 2. The van der Waals surface area contributed by atoms with Crippen LogP contribution in [0.25, 0.3) is 5.32 Å². The first-order valence-electron chi connectivity index (χ1n) is 8.79. The van der Waals surface area contributed by atoms with E-state index >= 15 is 0 Å². The van der Waals surface area contributed by atoms with Gasteiger partial charge in [0.1, 0.15) is 11.5 Å². The summed E-state index contributed by atoms with van der Waals surface area (Å²) in [6, 6.07) is 10.2. The van der Waals surface area contributed by atoms with Gasteiger partial charge in [-0.2, -0.15) is 0 Å². The van der Waals surface area contributed by atoms with Crippen molar-refractivity contribution in [3.63, 3.8) is 0 Å². The number of allylic oxidation sites excluding steroid dienone is 1. The Hall–Kier alpha value is -0.714. The van der Waals surface area contributed by atoms with Crippen LogP contribution >= 0.6 is 35.1 Å². The molecule has 0 atom stereocenters. The van der Waals surface area contributed by atoms with Crippen LogP contribution in [0.3, 0.4) is 0 Å². The van der Waals surface area contributed by atoms with Crippen LogP contribution in [0.4, 0.5) is 11.4 Å². The van der Waals surface area contributed by atoms with Crippen molar-refractivity contribution in [1.82, 2.24) is 0 Å². The van der Waals surface area contributed by atoms with Crippen LogP contribution in [0.1, 0.15) is 16.8 Å². The first-order valence-corrected chi connectivity index (χ1v) is 10.5. The summed E-state index contributed by atoms with van der Waals surface area (Å²) in [6.07, 6.45) is 3.55. The smallest absolute Gasteiger partial charge is 0.690 e. The molecule has 2 aromatic rings. The van der Waals surface area contributed by atoms with Crippen molar-refractivity contribution in [3.8, 4) is 5.75 Å². The van der Waals surface area contributed by atoms with Crippen LogP contribution in [-0.2, 0) is 0 Å². The Kier molecular flexibility index (Phi) is 10.5. The molecule has 0 spiro atoms. The molecule has 1 heterocycles. The zero-order valence-electron chi connectivity index (χ0n) is 16.6. The molecule has 1 aliphatic rings. The minimum atomic E-state index is -0.347. The number of halogens is 2. The van der Waals surface area contributed by atoms with E-state index in [9.17, 15) is 4.79 Å². The molecule has 1 fully saturated rings. The summed E-state index contributed by atoms with van der Waals surface area (Å²) >= 11 is 14.2. The minimum absolute atomic E-state index is 0. The van der Waals surface area contributed by atoms with E-state index in [4.69, 9.17) is 33.3 Å². The molecule has 1 amide bonds. The minimum Gasteiger partial charge on any atom is -0.690 e. The van der Waals surface area contributed by atoms with E-state index < -0.39 is 0 Å². The van der Waals surface area contributed by atoms with Crippen molar-refractivity contribution in [2.75, 3.05) is 29.0 Å². The number of nitrogens with zero attached hydrogens (tertiary/aromatic N) is 2. The Bertz CT molecular complexity index is 952. The number of carbonyl (C=O) groups is 1. The summed E-state index contributed by atoms with van der Waals surface area (Å²) in [5, 5.41) is 14.7. The van der Waals surface area contributed by atoms with Crippen LogP contribution in [0.15, 0.2) is 48.4 Å². The van der Waals surface area contributed by atoms with Gasteiger partial charge in [-0.3, -0.25) is 4.79 Å². The summed E-state index contributed by atoms with van der Waals surface area (Å²) < 4.78 is 7.73. The quantitative estimate of drug-likeness (QED) is 0.271. The maximum Gasteiger partial charge on any atom is 1.00 e.